The summed E-state index contributed by atoms with van der Waals surface area (Å²) in [5, 5.41) is 0. The number of amides is 1. The molecule has 0 radical (unpaired) electrons. The highest BCUT2D eigenvalue weighted by Gasteiger charge is 2.41. The summed E-state index contributed by atoms with van der Waals surface area (Å²) in [7, 11) is 0. The number of aliphatic imine (C=N–C) groups is 1. The molecule has 0 aromatic heterocycles. The Hall–Kier alpha value is -2.86. The van der Waals surface area contributed by atoms with Gasteiger partial charge in [-0.1, -0.05) is 29.8 Å². The molecule has 2 aliphatic rings. The Morgan fingerprint density at radius 1 is 1.14 bits per heavy atom. The van der Waals surface area contributed by atoms with Crippen LogP contribution in [0.2, 0.25) is 0 Å². The number of carbonyl (C=O) groups is 1. The lowest BCUT2D eigenvalue weighted by Crippen LogP contribution is -2.46. The smallest absolute Gasteiger partial charge is 0.253 e. The molecule has 28 heavy (non-hydrogen) atoms. The van der Waals surface area contributed by atoms with Crippen molar-refractivity contribution in [3.05, 3.63) is 65.2 Å². The predicted molar refractivity (Wildman–Crippen MR) is 107 cm³/mol. The van der Waals surface area contributed by atoms with Crippen molar-refractivity contribution in [1.82, 2.24) is 10.4 Å². The minimum Gasteiger partial charge on any atom is -0.494 e. The van der Waals surface area contributed by atoms with Gasteiger partial charge in [0.25, 0.3) is 5.91 Å². The molecule has 6 nitrogen and oxygen atoms in total. The number of ether oxygens (including phenoxy) is 1. The second-order valence-corrected chi connectivity index (χ2v) is 7.23. The number of hydroxylamine groups is 1. The van der Waals surface area contributed by atoms with Crippen LogP contribution in [0.15, 0.2) is 53.5 Å². The van der Waals surface area contributed by atoms with Crippen LogP contribution < -0.4 is 10.2 Å². The van der Waals surface area contributed by atoms with Gasteiger partial charge in [0, 0.05) is 37.1 Å². The van der Waals surface area contributed by atoms with Gasteiger partial charge in [0.05, 0.1) is 6.61 Å². The molecule has 1 fully saturated rings. The van der Waals surface area contributed by atoms with Gasteiger partial charge >= 0.3 is 0 Å². The maximum absolute atomic E-state index is 12.8. The van der Waals surface area contributed by atoms with Gasteiger partial charge in [-0.15, -0.1) is 0 Å². The fraction of sp³-hybridized carbons (Fsp3) is 0.364. The third-order valence-corrected chi connectivity index (χ3v) is 5.22. The summed E-state index contributed by atoms with van der Waals surface area (Å²) in [6, 6.07) is 15.5. The molecule has 0 saturated carbocycles. The maximum Gasteiger partial charge on any atom is 0.253 e. The second-order valence-electron chi connectivity index (χ2n) is 7.23. The summed E-state index contributed by atoms with van der Waals surface area (Å²) < 4.78 is 5.44. The Labute approximate surface area is 165 Å². The number of piperidine rings is 1. The lowest BCUT2D eigenvalue weighted by Gasteiger charge is -2.35. The fourth-order valence-electron chi connectivity index (χ4n) is 3.54. The first-order chi connectivity index (χ1) is 13.6. The summed E-state index contributed by atoms with van der Waals surface area (Å²) in [4.78, 5) is 25.3. The van der Waals surface area contributed by atoms with Crippen molar-refractivity contribution in [3.8, 4) is 5.75 Å². The Balaban J connectivity index is 1.40. The molecule has 0 unspecified atom stereocenters. The highest BCUT2D eigenvalue weighted by molar-refractivity contribution is 5.99. The number of likely N-dealkylation sites (tertiary alicyclic amines) is 1. The number of nitrogens with one attached hydrogen (secondary N) is 1. The molecule has 0 atom stereocenters. The van der Waals surface area contributed by atoms with E-state index in [0.717, 1.165) is 17.1 Å². The lowest BCUT2D eigenvalue weighted by atomic mass is 10.00. The van der Waals surface area contributed by atoms with E-state index in [1.165, 1.54) is 5.56 Å². The minimum absolute atomic E-state index is 0.0339. The van der Waals surface area contributed by atoms with Gasteiger partial charge in [-0.3, -0.25) is 4.79 Å². The zero-order chi connectivity index (χ0) is 19.6. The number of hydrogen-bond acceptors (Lipinski definition) is 5. The van der Waals surface area contributed by atoms with Gasteiger partial charge in [0.15, 0.2) is 11.6 Å². The quantitative estimate of drug-likeness (QED) is 0.885. The Kier molecular flexibility index (Phi) is 5.05. The molecule has 4 rings (SSSR count). The van der Waals surface area contributed by atoms with E-state index in [4.69, 9.17) is 14.6 Å². The van der Waals surface area contributed by atoms with Crippen LogP contribution in [-0.2, 0) is 4.84 Å². The summed E-state index contributed by atoms with van der Waals surface area (Å²) in [6.07, 6.45) is 1.33. The molecule has 0 bridgehead atoms. The van der Waals surface area contributed by atoms with Crippen LogP contribution in [0.25, 0.3) is 0 Å². The molecule has 2 heterocycles. The van der Waals surface area contributed by atoms with Gasteiger partial charge in [0.1, 0.15) is 5.75 Å². The molecule has 6 heteroatoms. The first-order valence-electron chi connectivity index (χ1n) is 9.72. The highest BCUT2D eigenvalue weighted by Crippen LogP contribution is 2.31. The largest absolute Gasteiger partial charge is 0.494 e. The standard InChI is InChI=1S/C22H25N3O3/c1-3-27-19-10-8-18(9-11-19)21(26)25-14-12-22(13-15-25)23-20(24-28-22)17-6-4-16(2)5-7-17/h4-11H,3,12-15H2,1-2H3,(H,23,24). The van der Waals surface area contributed by atoms with E-state index >= 15 is 0 Å². The van der Waals surface area contributed by atoms with E-state index in [1.54, 1.807) is 0 Å². The topological polar surface area (TPSA) is 63.2 Å². The van der Waals surface area contributed by atoms with Crippen LogP contribution >= 0.6 is 0 Å². The van der Waals surface area contributed by atoms with Crippen LogP contribution in [0.3, 0.4) is 0 Å². The zero-order valence-electron chi connectivity index (χ0n) is 16.3. The maximum atomic E-state index is 12.8. The van der Waals surface area contributed by atoms with Gasteiger partial charge in [-0.05, 0) is 38.1 Å². The molecule has 0 aliphatic carbocycles. The van der Waals surface area contributed by atoms with E-state index in [0.29, 0.717) is 38.1 Å². The van der Waals surface area contributed by atoms with E-state index in [2.05, 4.69) is 24.5 Å². The molecule has 2 aromatic rings. The van der Waals surface area contributed by atoms with E-state index in [9.17, 15) is 4.79 Å². The summed E-state index contributed by atoms with van der Waals surface area (Å²) in [6.45, 7) is 5.83. The fourth-order valence-corrected chi connectivity index (χ4v) is 3.54. The number of amidine groups is 1. The normalized spacial score (nSPS) is 17.9. The molecule has 1 amide bonds. The third-order valence-electron chi connectivity index (χ3n) is 5.22. The van der Waals surface area contributed by atoms with Crippen molar-refractivity contribution in [2.24, 2.45) is 4.99 Å². The van der Waals surface area contributed by atoms with E-state index in [-0.39, 0.29) is 5.91 Å². The number of aryl methyl sites for hydroxylation is 1. The molecule has 1 saturated heterocycles. The minimum atomic E-state index is -0.587. The van der Waals surface area contributed by atoms with Crippen molar-refractivity contribution in [2.75, 3.05) is 19.7 Å². The highest BCUT2D eigenvalue weighted by atomic mass is 16.7. The molecule has 1 N–H and O–H groups in total. The first kappa shape index (κ1) is 18.5. The summed E-state index contributed by atoms with van der Waals surface area (Å²) in [5.74, 6) is 1.57. The van der Waals surface area contributed by atoms with Crippen LogP contribution in [0, 0.1) is 6.92 Å². The van der Waals surface area contributed by atoms with Crippen LogP contribution in [0.1, 0.15) is 41.3 Å². The van der Waals surface area contributed by atoms with Crippen molar-refractivity contribution < 1.29 is 14.4 Å². The van der Waals surface area contributed by atoms with Crippen LogP contribution in [0.5, 0.6) is 5.75 Å². The second kappa shape index (κ2) is 7.64. The Bertz CT molecular complexity index is 867. The Morgan fingerprint density at radius 2 is 1.82 bits per heavy atom. The van der Waals surface area contributed by atoms with Crippen molar-refractivity contribution >= 4 is 11.7 Å². The van der Waals surface area contributed by atoms with Gasteiger partial charge in [-0.2, -0.15) is 0 Å². The monoisotopic (exact) mass is 379 g/mol. The SMILES string of the molecule is CCOc1ccc(C(=O)N2CCC3(CC2)N=C(c2ccc(C)cc2)NO3)cc1. The number of rotatable bonds is 4. The number of carbonyl (C=O) groups excluding carboxylic acids is 1. The van der Waals surface area contributed by atoms with Crippen molar-refractivity contribution in [2.45, 2.75) is 32.4 Å². The van der Waals surface area contributed by atoms with Crippen molar-refractivity contribution in [3.63, 3.8) is 0 Å². The van der Waals surface area contributed by atoms with E-state index in [1.807, 2.05) is 48.2 Å². The molecular weight excluding hydrogens is 354 g/mol. The molecule has 2 aromatic carbocycles. The van der Waals surface area contributed by atoms with Gasteiger partial charge in [-0.25, -0.2) is 15.3 Å². The van der Waals surface area contributed by atoms with Crippen LogP contribution in [0.4, 0.5) is 0 Å². The average Bonchev–Trinajstić information content (AvgIpc) is 3.13. The van der Waals surface area contributed by atoms with Gasteiger partial charge in [0.2, 0.25) is 0 Å². The van der Waals surface area contributed by atoms with Gasteiger partial charge < -0.3 is 9.64 Å². The predicted octanol–water partition coefficient (Wildman–Crippen LogP) is 3.31. The molecule has 1 spiro atoms. The first-order valence-corrected chi connectivity index (χ1v) is 9.72. The number of nitrogens with zero attached hydrogens (tertiary/aromatic N) is 2. The zero-order valence-corrected chi connectivity index (χ0v) is 16.3. The number of hydrogen-bond donors (Lipinski definition) is 1. The lowest BCUT2D eigenvalue weighted by molar-refractivity contribution is -0.0849. The molecule has 2 aliphatic heterocycles. The van der Waals surface area contributed by atoms with Crippen molar-refractivity contribution in [1.29, 1.82) is 0 Å². The number of benzene rings is 2. The molecular formula is C22H25N3O3. The van der Waals surface area contributed by atoms with Crippen LogP contribution in [-0.4, -0.2) is 42.1 Å². The third kappa shape index (κ3) is 3.73. The molecule has 146 valence electrons. The summed E-state index contributed by atoms with van der Waals surface area (Å²) in [5.41, 5.74) is 5.28. The van der Waals surface area contributed by atoms with E-state index < -0.39 is 5.72 Å². The Morgan fingerprint density at radius 3 is 2.46 bits per heavy atom. The summed E-state index contributed by atoms with van der Waals surface area (Å²) >= 11 is 0. The average molecular weight is 379 g/mol.